The van der Waals surface area contributed by atoms with Gasteiger partial charge in [0.2, 0.25) is 0 Å². The monoisotopic (exact) mass is 262 g/mol. The first-order valence-electron chi connectivity index (χ1n) is 6.72. The third-order valence-corrected chi connectivity index (χ3v) is 4.47. The molecule has 0 saturated heterocycles. The maximum absolute atomic E-state index is 4.58. The Bertz CT molecular complexity index is 504. The Hall–Kier alpha value is -0.930. The van der Waals surface area contributed by atoms with Gasteiger partial charge in [-0.1, -0.05) is 39.0 Å². The van der Waals surface area contributed by atoms with Crippen LogP contribution in [-0.2, 0) is 0 Å². The van der Waals surface area contributed by atoms with Crippen LogP contribution >= 0.6 is 11.5 Å². The summed E-state index contributed by atoms with van der Waals surface area (Å²) in [5, 5.41) is 4.88. The van der Waals surface area contributed by atoms with Crippen LogP contribution < -0.4 is 5.32 Å². The molecule has 0 spiro atoms. The molecule has 0 amide bonds. The van der Waals surface area contributed by atoms with Gasteiger partial charge in [-0.3, -0.25) is 0 Å². The summed E-state index contributed by atoms with van der Waals surface area (Å²) in [6.07, 6.45) is 0. The van der Waals surface area contributed by atoms with Crippen LogP contribution in [0.1, 0.15) is 38.5 Å². The Labute approximate surface area is 114 Å². The average molecular weight is 262 g/mol. The highest BCUT2D eigenvalue weighted by Gasteiger charge is 2.25. The molecule has 0 bridgehead atoms. The van der Waals surface area contributed by atoms with Crippen molar-refractivity contribution in [1.29, 1.82) is 0 Å². The average Bonchev–Trinajstić information content (AvgIpc) is 2.74. The molecule has 0 fully saturated rings. The number of fused-ring (bicyclic) bond motifs is 1. The van der Waals surface area contributed by atoms with Gasteiger partial charge in [0.1, 0.15) is 0 Å². The molecule has 0 aliphatic rings. The Balaban J connectivity index is 2.42. The minimum absolute atomic E-state index is 0.485. The number of rotatable bonds is 5. The SMILES string of the molecule is CCNC(C)C(c1snc2ccccc12)C(C)C. The van der Waals surface area contributed by atoms with Gasteiger partial charge >= 0.3 is 0 Å². The van der Waals surface area contributed by atoms with Crippen molar-refractivity contribution in [2.75, 3.05) is 6.54 Å². The zero-order valence-electron chi connectivity index (χ0n) is 11.6. The van der Waals surface area contributed by atoms with E-state index in [2.05, 4.69) is 61.7 Å². The zero-order valence-corrected chi connectivity index (χ0v) is 12.4. The third kappa shape index (κ3) is 2.57. The standard InChI is InChI=1S/C15H22N2S/c1-5-16-11(4)14(10(2)3)15-12-8-6-7-9-13(12)17-18-15/h6-11,14,16H,5H2,1-4H3. The summed E-state index contributed by atoms with van der Waals surface area (Å²) in [4.78, 5) is 1.43. The Morgan fingerprint density at radius 3 is 2.61 bits per heavy atom. The molecule has 0 aliphatic heterocycles. The van der Waals surface area contributed by atoms with Crippen molar-refractivity contribution >= 4 is 22.4 Å². The molecule has 1 aromatic carbocycles. The second kappa shape index (κ2) is 5.81. The molecule has 2 nitrogen and oxygen atoms in total. The number of benzene rings is 1. The molecule has 0 saturated carbocycles. The zero-order chi connectivity index (χ0) is 13.1. The fourth-order valence-electron chi connectivity index (χ4n) is 2.71. The summed E-state index contributed by atoms with van der Waals surface area (Å²) >= 11 is 1.66. The molecule has 2 atom stereocenters. The van der Waals surface area contributed by atoms with Crippen LogP contribution in [0.15, 0.2) is 24.3 Å². The minimum atomic E-state index is 0.485. The van der Waals surface area contributed by atoms with E-state index in [1.54, 1.807) is 11.5 Å². The van der Waals surface area contributed by atoms with Crippen molar-refractivity contribution in [2.24, 2.45) is 5.92 Å². The van der Waals surface area contributed by atoms with Crippen LogP contribution in [0.4, 0.5) is 0 Å². The van der Waals surface area contributed by atoms with E-state index in [0.717, 1.165) is 12.1 Å². The second-order valence-electron chi connectivity index (χ2n) is 5.18. The molecule has 2 unspecified atom stereocenters. The molecule has 1 heterocycles. The van der Waals surface area contributed by atoms with Gasteiger partial charge < -0.3 is 5.32 Å². The molecule has 1 aromatic heterocycles. The highest BCUT2D eigenvalue weighted by Crippen LogP contribution is 2.36. The van der Waals surface area contributed by atoms with Crippen molar-refractivity contribution in [2.45, 2.75) is 39.7 Å². The largest absolute Gasteiger partial charge is 0.314 e. The number of likely N-dealkylation sites (N-methyl/N-ethyl adjacent to an activating group) is 1. The third-order valence-electron chi connectivity index (χ3n) is 3.50. The summed E-state index contributed by atoms with van der Waals surface area (Å²) < 4.78 is 4.58. The van der Waals surface area contributed by atoms with Gasteiger partial charge in [-0.2, -0.15) is 4.37 Å². The highest BCUT2D eigenvalue weighted by atomic mass is 32.1. The maximum atomic E-state index is 4.58. The first-order chi connectivity index (χ1) is 8.65. The summed E-state index contributed by atoms with van der Waals surface area (Å²) in [7, 11) is 0. The maximum Gasteiger partial charge on any atom is 0.0843 e. The van der Waals surface area contributed by atoms with Crippen LogP contribution in [0.3, 0.4) is 0 Å². The molecule has 0 aliphatic carbocycles. The van der Waals surface area contributed by atoms with Crippen molar-refractivity contribution in [1.82, 2.24) is 9.69 Å². The molecular formula is C15H22N2S. The van der Waals surface area contributed by atoms with Crippen LogP contribution in [-0.4, -0.2) is 17.0 Å². The predicted molar refractivity (Wildman–Crippen MR) is 80.3 cm³/mol. The quantitative estimate of drug-likeness (QED) is 0.880. The Morgan fingerprint density at radius 2 is 1.94 bits per heavy atom. The number of hydrogen-bond acceptors (Lipinski definition) is 3. The molecule has 18 heavy (non-hydrogen) atoms. The number of aromatic nitrogens is 1. The van der Waals surface area contributed by atoms with Gasteiger partial charge in [0.25, 0.3) is 0 Å². The summed E-state index contributed by atoms with van der Waals surface area (Å²) in [6, 6.07) is 8.95. The first kappa shape index (κ1) is 13.5. The smallest absolute Gasteiger partial charge is 0.0843 e. The van der Waals surface area contributed by atoms with E-state index in [0.29, 0.717) is 17.9 Å². The lowest BCUT2D eigenvalue weighted by Crippen LogP contribution is -2.34. The molecule has 0 radical (unpaired) electrons. The number of nitrogens with zero attached hydrogens (tertiary/aromatic N) is 1. The predicted octanol–water partition coefficient (Wildman–Crippen LogP) is 4.03. The molecule has 2 rings (SSSR count). The topological polar surface area (TPSA) is 24.9 Å². The molecule has 98 valence electrons. The molecule has 1 N–H and O–H groups in total. The fourth-order valence-corrected chi connectivity index (χ4v) is 3.93. The van der Waals surface area contributed by atoms with E-state index < -0.39 is 0 Å². The van der Waals surface area contributed by atoms with Gasteiger partial charge in [-0.15, -0.1) is 0 Å². The van der Waals surface area contributed by atoms with E-state index in [9.17, 15) is 0 Å². The van der Waals surface area contributed by atoms with Gasteiger partial charge in [-0.25, -0.2) is 0 Å². The van der Waals surface area contributed by atoms with Crippen molar-refractivity contribution in [3.8, 4) is 0 Å². The Kier molecular flexibility index (Phi) is 4.36. The summed E-state index contributed by atoms with van der Waals surface area (Å²) in [5.74, 6) is 1.14. The van der Waals surface area contributed by atoms with E-state index in [-0.39, 0.29) is 0 Å². The first-order valence-corrected chi connectivity index (χ1v) is 7.50. The van der Waals surface area contributed by atoms with Crippen LogP contribution in [0.2, 0.25) is 0 Å². The molecule has 2 aromatic rings. The van der Waals surface area contributed by atoms with Crippen LogP contribution in [0.25, 0.3) is 10.9 Å². The highest BCUT2D eigenvalue weighted by molar-refractivity contribution is 7.07. The lowest BCUT2D eigenvalue weighted by Gasteiger charge is -2.27. The molecule has 3 heteroatoms. The Morgan fingerprint density at radius 1 is 1.22 bits per heavy atom. The second-order valence-corrected chi connectivity index (χ2v) is 5.99. The van der Waals surface area contributed by atoms with Crippen molar-refractivity contribution < 1.29 is 0 Å². The van der Waals surface area contributed by atoms with Crippen molar-refractivity contribution in [3.05, 3.63) is 29.1 Å². The van der Waals surface area contributed by atoms with E-state index in [1.165, 1.54) is 10.3 Å². The lowest BCUT2D eigenvalue weighted by atomic mass is 9.86. The van der Waals surface area contributed by atoms with Gasteiger partial charge in [0.05, 0.1) is 5.52 Å². The summed E-state index contributed by atoms with van der Waals surface area (Å²) in [6.45, 7) is 10.1. The van der Waals surface area contributed by atoms with Gasteiger partial charge in [-0.05, 0) is 37.0 Å². The van der Waals surface area contributed by atoms with E-state index >= 15 is 0 Å². The normalized spacial score (nSPS) is 15.2. The van der Waals surface area contributed by atoms with Gasteiger partial charge in [0, 0.05) is 22.2 Å². The van der Waals surface area contributed by atoms with Crippen molar-refractivity contribution in [3.63, 3.8) is 0 Å². The lowest BCUT2D eigenvalue weighted by molar-refractivity contribution is 0.389. The number of nitrogens with one attached hydrogen (secondary N) is 1. The molecular weight excluding hydrogens is 240 g/mol. The van der Waals surface area contributed by atoms with Crippen LogP contribution in [0.5, 0.6) is 0 Å². The summed E-state index contributed by atoms with van der Waals surface area (Å²) in [5.41, 5.74) is 1.13. The van der Waals surface area contributed by atoms with E-state index in [1.807, 2.05) is 0 Å². The van der Waals surface area contributed by atoms with E-state index in [4.69, 9.17) is 0 Å². The van der Waals surface area contributed by atoms with Gasteiger partial charge in [0.15, 0.2) is 0 Å². The minimum Gasteiger partial charge on any atom is -0.314 e. The van der Waals surface area contributed by atoms with Crippen LogP contribution in [0, 0.1) is 5.92 Å². The fraction of sp³-hybridized carbons (Fsp3) is 0.533. The number of hydrogen-bond donors (Lipinski definition) is 1.